The third-order valence-corrected chi connectivity index (χ3v) is 6.01. The molecule has 3 aromatic carbocycles. The van der Waals surface area contributed by atoms with Crippen LogP contribution in [0.5, 0.6) is 0 Å². The largest absolute Gasteiger partial charge is 0.297 e. The molecule has 3 rings (SSSR count). The Morgan fingerprint density at radius 1 is 0.821 bits per heavy atom. The summed E-state index contributed by atoms with van der Waals surface area (Å²) in [7, 11) is -9.31. The first-order valence-electron chi connectivity index (χ1n) is 8.23. The first kappa shape index (κ1) is 20.2. The van der Waals surface area contributed by atoms with Gasteiger partial charge in [-0.2, -0.15) is 22.3 Å². The molecule has 0 bridgehead atoms. The van der Waals surface area contributed by atoms with Gasteiger partial charge >= 0.3 is 0 Å². The van der Waals surface area contributed by atoms with E-state index in [4.69, 9.17) is 0 Å². The molecule has 0 aromatic heterocycles. The van der Waals surface area contributed by atoms with E-state index in [1.54, 1.807) is 5.01 Å². The summed E-state index contributed by atoms with van der Waals surface area (Å²) in [6, 6.07) is 15.6. The van der Waals surface area contributed by atoms with Gasteiger partial charge in [0, 0.05) is 22.9 Å². The molecule has 0 spiro atoms. The van der Waals surface area contributed by atoms with Crippen molar-refractivity contribution in [3.05, 3.63) is 60.7 Å². The number of rotatable bonds is 6. The van der Waals surface area contributed by atoms with Crippen LogP contribution in [-0.2, 0) is 20.2 Å². The van der Waals surface area contributed by atoms with Crippen LogP contribution in [-0.4, -0.2) is 32.5 Å². The lowest BCUT2D eigenvalue weighted by atomic mass is 10.1. The molecular formula is C18H18N2O6S2+. The van der Waals surface area contributed by atoms with Crippen LogP contribution in [0.15, 0.2) is 70.5 Å². The van der Waals surface area contributed by atoms with Gasteiger partial charge in [0.05, 0.1) is 0 Å². The van der Waals surface area contributed by atoms with Gasteiger partial charge in [-0.05, 0) is 24.1 Å². The molecule has 0 unspecified atom stereocenters. The average Bonchev–Trinajstić information content (AvgIpc) is 2.64. The average molecular weight is 422 g/mol. The van der Waals surface area contributed by atoms with E-state index >= 15 is 0 Å². The first-order valence-corrected chi connectivity index (χ1v) is 11.1. The summed E-state index contributed by atoms with van der Waals surface area (Å²) in [5.74, 6) is 0. The Balaban J connectivity index is 2.24. The van der Waals surface area contributed by atoms with Gasteiger partial charge in [0.25, 0.3) is 20.2 Å². The van der Waals surface area contributed by atoms with E-state index in [0.717, 1.165) is 11.8 Å². The Kier molecular flexibility index (Phi) is 5.41. The number of benzene rings is 3. The summed E-state index contributed by atoms with van der Waals surface area (Å²) in [6.07, 6.45) is 0. The van der Waals surface area contributed by atoms with Crippen LogP contribution in [0.3, 0.4) is 0 Å². The molecule has 1 radical (unpaired) electrons. The highest BCUT2D eigenvalue weighted by Crippen LogP contribution is 2.34. The number of para-hydroxylation sites is 1. The fourth-order valence-corrected chi connectivity index (χ4v) is 4.53. The third-order valence-electron chi connectivity index (χ3n) is 4.15. The lowest BCUT2D eigenvalue weighted by Gasteiger charge is -2.15. The maximum atomic E-state index is 12.1. The molecule has 0 aliphatic heterocycles. The predicted octanol–water partition coefficient (Wildman–Crippen LogP) is 3.15. The molecule has 0 fully saturated rings. The van der Waals surface area contributed by atoms with Gasteiger partial charge in [-0.15, -0.1) is 0 Å². The number of anilines is 2. The highest BCUT2D eigenvalue weighted by atomic mass is 32.2. The minimum absolute atomic E-state index is 0.0223. The summed E-state index contributed by atoms with van der Waals surface area (Å²) in [6.45, 7) is 2.32. The van der Waals surface area contributed by atoms with Gasteiger partial charge in [0.2, 0.25) is 5.69 Å². The van der Waals surface area contributed by atoms with Crippen molar-refractivity contribution < 1.29 is 25.9 Å². The monoisotopic (exact) mass is 422 g/mol. The normalized spacial score (nSPS) is 12.4. The summed E-state index contributed by atoms with van der Waals surface area (Å²) in [5.41, 5.74) is 3.78. The van der Waals surface area contributed by atoms with Crippen molar-refractivity contribution in [2.75, 3.05) is 12.0 Å². The topological polar surface area (TPSA) is 127 Å². The van der Waals surface area contributed by atoms with Crippen LogP contribution in [0.2, 0.25) is 0 Å². The lowest BCUT2D eigenvalue weighted by molar-refractivity contribution is 0.481. The summed E-state index contributed by atoms with van der Waals surface area (Å²) < 4.78 is 66.7. The number of nitrogens with one attached hydrogen (secondary N) is 1. The Bertz CT molecular complexity index is 1230. The molecular weight excluding hydrogens is 404 g/mol. The Labute approximate surface area is 162 Å². The second kappa shape index (κ2) is 7.49. The standard InChI is InChI=1S/C18H18N2O6S2/c1-2-20(13-7-4-3-5-8-13)19-16-12-11-14-15(18(16)28(24,25)26)9-6-10-17(14)27(21,22)23/h3-12,19H,2H2,1H3,(H,21,22,23)(H,24,25,26)/q+1. The van der Waals surface area contributed by atoms with Crippen LogP contribution < -0.4 is 10.4 Å². The fourth-order valence-electron chi connectivity index (χ4n) is 2.97. The molecule has 0 amide bonds. The Morgan fingerprint density at radius 2 is 1.50 bits per heavy atom. The molecule has 147 valence electrons. The number of nitrogens with zero attached hydrogens (tertiary/aromatic N) is 1. The molecule has 0 saturated carbocycles. The Morgan fingerprint density at radius 3 is 2.07 bits per heavy atom. The smallest absolute Gasteiger partial charge is 0.282 e. The van der Waals surface area contributed by atoms with Gasteiger partial charge in [-0.3, -0.25) is 9.11 Å². The summed E-state index contributed by atoms with van der Waals surface area (Å²) in [4.78, 5) is -0.929. The zero-order valence-corrected chi connectivity index (χ0v) is 16.4. The van der Waals surface area contributed by atoms with Gasteiger partial charge in [0.1, 0.15) is 15.5 Å². The van der Waals surface area contributed by atoms with E-state index in [9.17, 15) is 25.9 Å². The summed E-state index contributed by atoms with van der Waals surface area (Å²) >= 11 is 0. The van der Waals surface area contributed by atoms with E-state index in [-0.39, 0.29) is 16.5 Å². The predicted molar refractivity (Wildman–Crippen MR) is 106 cm³/mol. The van der Waals surface area contributed by atoms with Gasteiger partial charge in [0.15, 0.2) is 6.54 Å². The van der Waals surface area contributed by atoms with E-state index in [0.29, 0.717) is 6.54 Å². The maximum Gasteiger partial charge on any atom is 0.297 e. The number of hydrogen-bond donors (Lipinski definition) is 3. The number of hydrogen-bond acceptors (Lipinski definition) is 6. The van der Waals surface area contributed by atoms with Crippen molar-refractivity contribution >= 4 is 42.4 Å². The maximum absolute atomic E-state index is 12.1. The zero-order chi connectivity index (χ0) is 20.5. The molecule has 0 heterocycles. The van der Waals surface area contributed by atoms with Crippen molar-refractivity contribution in [2.45, 2.75) is 16.7 Å². The van der Waals surface area contributed by atoms with Crippen LogP contribution in [0.25, 0.3) is 10.8 Å². The molecule has 0 aliphatic carbocycles. The second-order valence-electron chi connectivity index (χ2n) is 5.94. The molecule has 3 aromatic rings. The SMILES string of the molecule is CC[N+](Nc1ccc2c(S(=O)(=O)O)cccc2c1S(=O)(=O)O)c1ccccc1. The molecule has 0 aliphatic rings. The van der Waals surface area contributed by atoms with Crippen LogP contribution >= 0.6 is 0 Å². The molecule has 28 heavy (non-hydrogen) atoms. The van der Waals surface area contributed by atoms with Crippen molar-refractivity contribution in [3.8, 4) is 0 Å². The minimum atomic E-state index is -4.72. The van der Waals surface area contributed by atoms with Gasteiger partial charge < -0.3 is 0 Å². The second-order valence-corrected chi connectivity index (χ2v) is 8.68. The molecule has 3 N–H and O–H groups in total. The highest BCUT2D eigenvalue weighted by Gasteiger charge is 2.27. The minimum Gasteiger partial charge on any atom is -0.282 e. The quantitative estimate of drug-likeness (QED) is 0.316. The first-order chi connectivity index (χ1) is 13.1. The molecule has 10 heteroatoms. The van der Waals surface area contributed by atoms with E-state index in [1.165, 1.54) is 24.3 Å². The van der Waals surface area contributed by atoms with E-state index < -0.39 is 30.0 Å². The fraction of sp³-hybridized carbons (Fsp3) is 0.111. The van der Waals surface area contributed by atoms with Crippen LogP contribution in [0.1, 0.15) is 6.92 Å². The lowest BCUT2D eigenvalue weighted by Crippen LogP contribution is -2.31. The summed E-state index contributed by atoms with van der Waals surface area (Å²) in [5, 5.41) is 1.61. The van der Waals surface area contributed by atoms with Gasteiger partial charge in [-0.25, -0.2) is 0 Å². The van der Waals surface area contributed by atoms with Crippen LogP contribution in [0.4, 0.5) is 11.4 Å². The van der Waals surface area contributed by atoms with Crippen LogP contribution in [0, 0.1) is 0 Å². The third kappa shape index (κ3) is 4.01. The van der Waals surface area contributed by atoms with Crippen molar-refractivity contribution in [1.82, 2.24) is 5.01 Å². The van der Waals surface area contributed by atoms with E-state index in [1.807, 2.05) is 37.3 Å². The molecule has 0 saturated heterocycles. The van der Waals surface area contributed by atoms with Crippen molar-refractivity contribution in [1.29, 1.82) is 0 Å². The Hall–Kier alpha value is -2.50. The number of fused-ring (bicyclic) bond motifs is 1. The zero-order valence-electron chi connectivity index (χ0n) is 14.8. The van der Waals surface area contributed by atoms with Gasteiger partial charge in [-0.1, -0.05) is 36.4 Å². The molecule has 0 atom stereocenters. The van der Waals surface area contributed by atoms with Crippen molar-refractivity contribution in [2.24, 2.45) is 0 Å². The highest BCUT2D eigenvalue weighted by molar-refractivity contribution is 7.86. The number of hydrazine groups is 1. The molecule has 8 nitrogen and oxygen atoms in total. The van der Waals surface area contributed by atoms with E-state index in [2.05, 4.69) is 5.43 Å². The van der Waals surface area contributed by atoms with Crippen molar-refractivity contribution in [3.63, 3.8) is 0 Å².